The largest absolute Gasteiger partial charge is 0.349 e. The number of rotatable bonds is 7. The van der Waals surface area contributed by atoms with Gasteiger partial charge in [-0.2, -0.15) is 0 Å². The van der Waals surface area contributed by atoms with E-state index >= 15 is 0 Å². The molecule has 0 atom stereocenters. The van der Waals surface area contributed by atoms with E-state index in [0.29, 0.717) is 5.54 Å². The van der Waals surface area contributed by atoms with Gasteiger partial charge >= 0.3 is 0 Å². The molecule has 2 fully saturated rings. The Morgan fingerprint density at radius 2 is 2.00 bits per heavy atom. The maximum atomic E-state index is 4.98. The Bertz CT molecular complexity index is 488. The molecule has 3 rings (SSSR count). The van der Waals surface area contributed by atoms with Gasteiger partial charge in [0.25, 0.3) is 0 Å². The molecule has 0 amide bonds. The summed E-state index contributed by atoms with van der Waals surface area (Å²) in [5, 5.41) is 4.50. The second-order valence-corrected chi connectivity index (χ2v) is 8.00. The van der Waals surface area contributed by atoms with Gasteiger partial charge in [0.1, 0.15) is 0 Å². The Hall–Kier alpha value is -0.650. The molecule has 118 valence electrons. The van der Waals surface area contributed by atoms with Crippen LogP contribution in [-0.2, 0) is 6.54 Å². The maximum Gasteiger partial charge on any atom is 0.185 e. The van der Waals surface area contributed by atoms with Crippen molar-refractivity contribution in [3.8, 4) is 0 Å². The molecule has 21 heavy (non-hydrogen) atoms. The molecular weight excluding hydrogens is 280 g/mol. The Kier molecular flexibility index (Phi) is 4.26. The Morgan fingerprint density at radius 3 is 2.48 bits per heavy atom. The first-order valence-corrected chi connectivity index (χ1v) is 8.90. The van der Waals surface area contributed by atoms with Crippen molar-refractivity contribution in [2.24, 2.45) is 0 Å². The van der Waals surface area contributed by atoms with Crippen LogP contribution >= 0.6 is 11.3 Å². The van der Waals surface area contributed by atoms with Gasteiger partial charge in [-0.15, -0.1) is 11.3 Å². The van der Waals surface area contributed by atoms with Gasteiger partial charge in [-0.3, -0.25) is 0 Å². The fourth-order valence-electron chi connectivity index (χ4n) is 3.32. The molecule has 0 radical (unpaired) electrons. The van der Waals surface area contributed by atoms with E-state index in [4.69, 9.17) is 4.98 Å². The third-order valence-corrected chi connectivity index (χ3v) is 6.29. The summed E-state index contributed by atoms with van der Waals surface area (Å²) in [6, 6.07) is 0. The summed E-state index contributed by atoms with van der Waals surface area (Å²) in [5.74, 6) is 0.735. The van der Waals surface area contributed by atoms with Crippen molar-refractivity contribution in [2.75, 3.05) is 39.6 Å². The average molecular weight is 308 g/mol. The predicted octanol–water partition coefficient (Wildman–Crippen LogP) is 2.66. The van der Waals surface area contributed by atoms with Crippen molar-refractivity contribution in [3.05, 3.63) is 10.6 Å². The zero-order valence-corrected chi connectivity index (χ0v) is 14.6. The van der Waals surface area contributed by atoms with Crippen LogP contribution in [0.25, 0.3) is 0 Å². The lowest BCUT2D eigenvalue weighted by Gasteiger charge is -2.49. The number of hydrogen-bond donors (Lipinski definition) is 1. The maximum absolute atomic E-state index is 4.98. The second kappa shape index (κ2) is 5.86. The van der Waals surface area contributed by atoms with E-state index in [1.54, 1.807) is 0 Å². The number of nitrogens with zero attached hydrogens (tertiary/aromatic N) is 3. The van der Waals surface area contributed by atoms with Crippen LogP contribution < -0.4 is 10.2 Å². The highest BCUT2D eigenvalue weighted by molar-refractivity contribution is 7.15. The van der Waals surface area contributed by atoms with E-state index in [9.17, 15) is 0 Å². The number of nitrogens with one attached hydrogen (secondary N) is 1. The number of thiazole rings is 1. The van der Waals surface area contributed by atoms with E-state index in [0.717, 1.165) is 19.0 Å². The number of anilines is 1. The van der Waals surface area contributed by atoms with Gasteiger partial charge in [-0.1, -0.05) is 0 Å². The molecule has 2 aliphatic rings. The van der Waals surface area contributed by atoms with Gasteiger partial charge in [0.15, 0.2) is 5.13 Å². The summed E-state index contributed by atoms with van der Waals surface area (Å²) < 4.78 is 0. The van der Waals surface area contributed by atoms with Crippen molar-refractivity contribution < 1.29 is 0 Å². The summed E-state index contributed by atoms with van der Waals surface area (Å²) in [7, 11) is 8.67. The first-order valence-electron chi connectivity index (χ1n) is 8.08. The minimum atomic E-state index is 0.364. The monoisotopic (exact) mass is 308 g/mol. The van der Waals surface area contributed by atoms with Crippen LogP contribution in [0.3, 0.4) is 0 Å². The third kappa shape index (κ3) is 2.96. The molecule has 2 aliphatic carbocycles. The minimum Gasteiger partial charge on any atom is -0.349 e. The average Bonchev–Trinajstić information content (AvgIpc) is 3.15. The van der Waals surface area contributed by atoms with Crippen molar-refractivity contribution in [3.63, 3.8) is 0 Å². The zero-order valence-electron chi connectivity index (χ0n) is 13.8. The molecule has 0 aromatic carbocycles. The van der Waals surface area contributed by atoms with Gasteiger partial charge < -0.3 is 15.1 Å². The van der Waals surface area contributed by atoms with Crippen molar-refractivity contribution in [1.82, 2.24) is 15.2 Å². The van der Waals surface area contributed by atoms with Crippen LogP contribution in [0.4, 0.5) is 5.13 Å². The third-order valence-electron chi connectivity index (χ3n) is 5.11. The molecule has 0 unspecified atom stereocenters. The van der Waals surface area contributed by atoms with Crippen molar-refractivity contribution in [1.29, 1.82) is 0 Å². The highest BCUT2D eigenvalue weighted by atomic mass is 32.1. The molecule has 0 bridgehead atoms. The molecule has 1 heterocycles. The van der Waals surface area contributed by atoms with Crippen LogP contribution in [0.15, 0.2) is 0 Å². The topological polar surface area (TPSA) is 31.4 Å². The van der Waals surface area contributed by atoms with Crippen LogP contribution in [0, 0.1) is 0 Å². The quantitative estimate of drug-likeness (QED) is 0.839. The Morgan fingerprint density at radius 1 is 1.29 bits per heavy atom. The molecule has 0 saturated heterocycles. The van der Waals surface area contributed by atoms with Gasteiger partial charge in [0, 0.05) is 36.5 Å². The standard InChI is InChI=1S/C16H28N4S/c1-17-10-13-14(12-6-7-12)18-15(21-13)20(4)11-16(19(2)3)8-5-9-16/h12,17H,5-11H2,1-4H3. The number of aromatic nitrogens is 1. The fraction of sp³-hybridized carbons (Fsp3) is 0.812. The van der Waals surface area contributed by atoms with Gasteiger partial charge in [0.05, 0.1) is 5.69 Å². The molecular formula is C16H28N4S. The Balaban J connectivity index is 1.75. The lowest BCUT2D eigenvalue weighted by atomic mass is 9.75. The summed E-state index contributed by atoms with van der Waals surface area (Å²) in [4.78, 5) is 11.2. The lowest BCUT2D eigenvalue weighted by Crippen LogP contribution is -2.56. The van der Waals surface area contributed by atoms with Gasteiger partial charge in [0.2, 0.25) is 0 Å². The van der Waals surface area contributed by atoms with Crippen LogP contribution in [0.1, 0.15) is 48.6 Å². The molecule has 1 N–H and O–H groups in total. The highest BCUT2D eigenvalue weighted by Gasteiger charge is 2.40. The molecule has 5 heteroatoms. The van der Waals surface area contributed by atoms with Crippen molar-refractivity contribution >= 4 is 16.5 Å². The summed E-state index contributed by atoms with van der Waals surface area (Å²) in [5.41, 5.74) is 1.73. The Labute approximate surface area is 132 Å². The normalized spacial score (nSPS) is 20.6. The van der Waals surface area contributed by atoms with Crippen LogP contribution in [0.5, 0.6) is 0 Å². The van der Waals surface area contributed by atoms with Crippen LogP contribution in [0.2, 0.25) is 0 Å². The predicted molar refractivity (Wildman–Crippen MR) is 90.4 cm³/mol. The highest BCUT2D eigenvalue weighted by Crippen LogP contribution is 2.44. The SMILES string of the molecule is CNCc1sc(N(C)CC2(N(C)C)CCC2)nc1C1CC1. The van der Waals surface area contributed by atoms with E-state index in [1.165, 1.54) is 47.8 Å². The van der Waals surface area contributed by atoms with Gasteiger partial charge in [-0.25, -0.2) is 4.98 Å². The molecule has 1 aromatic heterocycles. The van der Waals surface area contributed by atoms with E-state index in [2.05, 4.69) is 36.3 Å². The summed E-state index contributed by atoms with van der Waals surface area (Å²) in [6.45, 7) is 2.05. The molecule has 1 aromatic rings. The lowest BCUT2D eigenvalue weighted by molar-refractivity contribution is 0.0683. The van der Waals surface area contributed by atoms with E-state index in [1.807, 2.05) is 18.4 Å². The number of likely N-dealkylation sites (N-methyl/N-ethyl adjacent to an activating group) is 2. The van der Waals surface area contributed by atoms with Crippen LogP contribution in [-0.4, -0.2) is 50.2 Å². The van der Waals surface area contributed by atoms with E-state index in [-0.39, 0.29) is 0 Å². The second-order valence-electron chi connectivity index (χ2n) is 6.94. The molecule has 4 nitrogen and oxygen atoms in total. The molecule has 0 spiro atoms. The van der Waals surface area contributed by atoms with E-state index < -0.39 is 0 Å². The molecule has 2 saturated carbocycles. The first-order chi connectivity index (χ1) is 10.1. The first kappa shape index (κ1) is 15.3. The number of hydrogen-bond acceptors (Lipinski definition) is 5. The summed E-state index contributed by atoms with van der Waals surface area (Å²) in [6.07, 6.45) is 6.64. The minimum absolute atomic E-state index is 0.364. The smallest absolute Gasteiger partial charge is 0.185 e. The molecule has 0 aliphatic heterocycles. The van der Waals surface area contributed by atoms with Gasteiger partial charge in [-0.05, 0) is 53.2 Å². The summed E-state index contributed by atoms with van der Waals surface area (Å²) >= 11 is 1.88. The fourth-order valence-corrected chi connectivity index (χ4v) is 4.44. The van der Waals surface area contributed by atoms with Crippen molar-refractivity contribution in [2.45, 2.75) is 50.1 Å². The zero-order chi connectivity index (χ0) is 15.0.